The van der Waals surface area contributed by atoms with Crippen molar-refractivity contribution in [1.29, 1.82) is 0 Å². The van der Waals surface area contributed by atoms with Crippen LogP contribution in [0.3, 0.4) is 0 Å². The molecule has 0 saturated heterocycles. The third-order valence-corrected chi connectivity index (χ3v) is 8.31. The molecule has 0 unspecified atom stereocenters. The van der Waals surface area contributed by atoms with E-state index in [0.29, 0.717) is 41.7 Å². The topological polar surface area (TPSA) is 114 Å². The molecule has 0 aliphatic heterocycles. The normalized spacial score (nSPS) is 11.0. The largest absolute Gasteiger partial charge is 0.491 e. The number of halogens is 1. The van der Waals surface area contributed by atoms with Crippen molar-refractivity contribution < 1.29 is 47.3 Å². The molecule has 0 fully saturated rings. The molecule has 2 aromatic rings. The zero-order valence-electron chi connectivity index (χ0n) is 30.1. The minimum absolute atomic E-state index is 0.0149. The number of esters is 4. The SMILES string of the molecule is C=CC(=O)OCCCc1cc(-c2ccc(CCCCCCC)cc2F)c(CC)cc1OCC(CCOC(=O)C=C)(C(=O)OCC)C(=O)OCC. The van der Waals surface area contributed by atoms with E-state index in [9.17, 15) is 19.2 Å². The highest BCUT2D eigenvalue weighted by Gasteiger charge is 2.50. The monoisotopic (exact) mass is 696 g/mol. The van der Waals surface area contributed by atoms with Gasteiger partial charge in [-0.05, 0) is 86.4 Å². The van der Waals surface area contributed by atoms with Crippen molar-refractivity contribution in [2.75, 3.05) is 33.0 Å². The highest BCUT2D eigenvalue weighted by atomic mass is 19.1. The molecule has 0 radical (unpaired) electrons. The Morgan fingerprint density at radius 1 is 0.720 bits per heavy atom. The average molecular weight is 697 g/mol. The molecule has 0 aliphatic rings. The summed E-state index contributed by atoms with van der Waals surface area (Å²) < 4.78 is 42.9. The third-order valence-electron chi connectivity index (χ3n) is 8.31. The van der Waals surface area contributed by atoms with E-state index in [-0.39, 0.29) is 38.7 Å². The number of carbonyl (C=O) groups excluding carboxylic acids is 4. The molecule has 0 heterocycles. The maximum Gasteiger partial charge on any atom is 0.330 e. The van der Waals surface area contributed by atoms with Crippen LogP contribution in [0.25, 0.3) is 11.1 Å². The lowest BCUT2D eigenvalue weighted by Gasteiger charge is -2.29. The fraction of sp³-hybridized carbons (Fsp3) is 0.500. The first-order valence-electron chi connectivity index (χ1n) is 17.6. The van der Waals surface area contributed by atoms with Crippen LogP contribution in [-0.2, 0) is 57.4 Å². The first-order valence-corrected chi connectivity index (χ1v) is 17.6. The molecule has 50 heavy (non-hydrogen) atoms. The van der Waals surface area contributed by atoms with Gasteiger partial charge in [-0.2, -0.15) is 0 Å². The number of hydrogen-bond acceptors (Lipinski definition) is 9. The molecule has 9 nitrogen and oxygen atoms in total. The van der Waals surface area contributed by atoms with Crippen molar-refractivity contribution in [3.8, 4) is 16.9 Å². The molecule has 0 N–H and O–H groups in total. The van der Waals surface area contributed by atoms with Gasteiger partial charge < -0.3 is 23.7 Å². The van der Waals surface area contributed by atoms with E-state index in [2.05, 4.69) is 20.1 Å². The fourth-order valence-corrected chi connectivity index (χ4v) is 5.50. The Morgan fingerprint density at radius 2 is 1.36 bits per heavy atom. The quantitative estimate of drug-likeness (QED) is 0.0356. The maximum absolute atomic E-state index is 15.7. The van der Waals surface area contributed by atoms with E-state index in [1.807, 2.05) is 19.1 Å². The van der Waals surface area contributed by atoms with E-state index in [1.54, 1.807) is 32.0 Å². The lowest BCUT2D eigenvalue weighted by molar-refractivity contribution is -0.177. The molecule has 10 heteroatoms. The molecule has 0 aliphatic carbocycles. The smallest absolute Gasteiger partial charge is 0.330 e. The van der Waals surface area contributed by atoms with Crippen LogP contribution < -0.4 is 4.74 Å². The van der Waals surface area contributed by atoms with Gasteiger partial charge in [0.05, 0.1) is 26.4 Å². The van der Waals surface area contributed by atoms with Crippen LogP contribution in [0, 0.1) is 11.2 Å². The number of carbonyl (C=O) groups is 4. The van der Waals surface area contributed by atoms with Gasteiger partial charge in [-0.25, -0.2) is 14.0 Å². The van der Waals surface area contributed by atoms with Gasteiger partial charge in [0.1, 0.15) is 18.2 Å². The van der Waals surface area contributed by atoms with Crippen LogP contribution in [0.2, 0.25) is 0 Å². The molecule has 0 amide bonds. The van der Waals surface area contributed by atoms with Crippen molar-refractivity contribution >= 4 is 23.9 Å². The van der Waals surface area contributed by atoms with Crippen LogP contribution in [0.15, 0.2) is 55.6 Å². The predicted molar refractivity (Wildman–Crippen MR) is 190 cm³/mol. The Labute approximate surface area is 296 Å². The fourth-order valence-electron chi connectivity index (χ4n) is 5.50. The molecule has 0 aromatic heterocycles. The number of rotatable bonds is 24. The molecule has 274 valence electrons. The first-order chi connectivity index (χ1) is 24.1. The maximum atomic E-state index is 15.7. The predicted octanol–water partition coefficient (Wildman–Crippen LogP) is 7.84. The van der Waals surface area contributed by atoms with E-state index in [4.69, 9.17) is 23.7 Å². The number of hydrogen-bond donors (Lipinski definition) is 0. The summed E-state index contributed by atoms with van der Waals surface area (Å²) in [5, 5.41) is 0. The summed E-state index contributed by atoms with van der Waals surface area (Å²) in [6, 6.07) is 8.98. The first kappa shape index (κ1) is 41.7. The van der Waals surface area contributed by atoms with Crippen molar-refractivity contribution in [2.24, 2.45) is 5.41 Å². The van der Waals surface area contributed by atoms with Gasteiger partial charge in [0.2, 0.25) is 5.41 Å². The number of aryl methyl sites for hydroxylation is 3. The summed E-state index contributed by atoms with van der Waals surface area (Å²) >= 11 is 0. The van der Waals surface area contributed by atoms with Gasteiger partial charge in [-0.3, -0.25) is 9.59 Å². The van der Waals surface area contributed by atoms with E-state index in [0.717, 1.165) is 42.5 Å². The molecule has 0 bridgehead atoms. The van der Waals surface area contributed by atoms with Crippen molar-refractivity contribution in [3.63, 3.8) is 0 Å². The zero-order chi connectivity index (χ0) is 36.9. The second kappa shape index (κ2) is 22.3. The third kappa shape index (κ3) is 12.4. The van der Waals surface area contributed by atoms with Crippen LogP contribution >= 0.6 is 0 Å². The minimum atomic E-state index is -1.96. The lowest BCUT2D eigenvalue weighted by Crippen LogP contribution is -2.47. The van der Waals surface area contributed by atoms with Crippen LogP contribution in [0.1, 0.15) is 89.3 Å². The average Bonchev–Trinajstić information content (AvgIpc) is 3.11. The van der Waals surface area contributed by atoms with Crippen LogP contribution in [-0.4, -0.2) is 56.9 Å². The molecule has 0 atom stereocenters. The Balaban J connectivity index is 2.55. The minimum Gasteiger partial charge on any atom is -0.491 e. The Bertz CT molecular complexity index is 1430. The van der Waals surface area contributed by atoms with Crippen molar-refractivity contribution in [2.45, 2.75) is 91.9 Å². The Hall–Kier alpha value is -4.47. The van der Waals surface area contributed by atoms with Gasteiger partial charge in [0, 0.05) is 24.1 Å². The molecule has 0 spiro atoms. The Morgan fingerprint density at radius 3 is 1.94 bits per heavy atom. The summed E-state index contributed by atoms with van der Waals surface area (Å²) in [6.07, 6.45) is 9.52. The lowest BCUT2D eigenvalue weighted by atomic mass is 9.85. The Kier molecular flexibility index (Phi) is 18.6. The highest BCUT2D eigenvalue weighted by Crippen LogP contribution is 2.36. The molecular formula is C40H53FO9. The highest BCUT2D eigenvalue weighted by molar-refractivity contribution is 6.00. The van der Waals surface area contributed by atoms with Crippen LogP contribution in [0.4, 0.5) is 4.39 Å². The van der Waals surface area contributed by atoms with Crippen molar-refractivity contribution in [3.05, 3.63) is 78.1 Å². The van der Waals surface area contributed by atoms with Gasteiger partial charge in [0.25, 0.3) is 0 Å². The molecule has 2 rings (SSSR count). The summed E-state index contributed by atoms with van der Waals surface area (Å²) in [5.41, 5.74) is 1.53. The molecular weight excluding hydrogens is 643 g/mol. The van der Waals surface area contributed by atoms with Gasteiger partial charge in [-0.15, -0.1) is 0 Å². The summed E-state index contributed by atoms with van der Waals surface area (Å²) in [4.78, 5) is 50.3. The molecule has 2 aromatic carbocycles. The second-order valence-electron chi connectivity index (χ2n) is 11.9. The second-order valence-corrected chi connectivity index (χ2v) is 11.9. The van der Waals surface area contributed by atoms with Crippen LogP contribution in [0.5, 0.6) is 5.75 Å². The summed E-state index contributed by atoms with van der Waals surface area (Å²) in [6.45, 7) is 13.4. The standard InChI is InChI=1S/C40H53FO9/c1-7-13-14-15-16-18-29-20-21-32(34(41)25-29)33-26-31(19-17-23-48-36(42)9-3)35(27-30(33)8-2)50-28-40(38(44)46-11-5,39(45)47-12-6)22-24-49-37(43)10-4/h9-10,20-21,25-27H,3-4,7-8,11-19,22-24,28H2,1-2,5-6H3. The van der Waals surface area contributed by atoms with Gasteiger partial charge in [-0.1, -0.05) is 64.8 Å². The molecule has 0 saturated carbocycles. The number of unbranched alkanes of at least 4 members (excludes halogenated alkanes) is 4. The van der Waals surface area contributed by atoms with Crippen molar-refractivity contribution in [1.82, 2.24) is 0 Å². The summed E-state index contributed by atoms with van der Waals surface area (Å²) in [5.74, 6) is -3.02. The van der Waals surface area contributed by atoms with Gasteiger partial charge in [0.15, 0.2) is 0 Å². The zero-order valence-corrected chi connectivity index (χ0v) is 30.1. The van der Waals surface area contributed by atoms with E-state index < -0.39 is 35.9 Å². The number of ether oxygens (including phenoxy) is 5. The van der Waals surface area contributed by atoms with Gasteiger partial charge >= 0.3 is 23.9 Å². The van der Waals surface area contributed by atoms with E-state index >= 15 is 4.39 Å². The number of benzene rings is 2. The summed E-state index contributed by atoms with van der Waals surface area (Å²) in [7, 11) is 0. The van der Waals surface area contributed by atoms with E-state index in [1.165, 1.54) is 19.3 Å².